The molecule has 0 saturated carbocycles. The Bertz CT molecular complexity index is 112. The molecule has 1 N–H and O–H groups in total. The highest BCUT2D eigenvalue weighted by atomic mass is 14.9. The summed E-state index contributed by atoms with van der Waals surface area (Å²) in [6.07, 6.45) is 6.21. The number of hydrogen-bond acceptors (Lipinski definition) is 1. The van der Waals surface area contributed by atoms with Crippen LogP contribution in [-0.4, -0.2) is 6.54 Å². The molecule has 0 aromatic carbocycles. The van der Waals surface area contributed by atoms with Crippen LogP contribution in [0.25, 0.3) is 0 Å². The minimum absolute atomic E-state index is 0.988. The SMILES string of the molecule is CC.CC.CC.CC1=CC=CCN1. The zero-order chi connectivity index (χ0) is 11.1. The minimum Gasteiger partial charge on any atom is -0.385 e. The van der Waals surface area contributed by atoms with Crippen LogP contribution in [0.4, 0.5) is 0 Å². The molecular weight excluding hydrogens is 158 g/mol. The van der Waals surface area contributed by atoms with Gasteiger partial charge in [-0.25, -0.2) is 0 Å². The second kappa shape index (κ2) is 22.5. The van der Waals surface area contributed by atoms with Crippen molar-refractivity contribution in [2.45, 2.75) is 48.5 Å². The number of rotatable bonds is 0. The van der Waals surface area contributed by atoms with Crippen LogP contribution in [0.15, 0.2) is 23.9 Å². The second-order valence-electron chi connectivity index (χ2n) is 1.66. The molecule has 0 aromatic rings. The molecule has 1 rings (SSSR count). The van der Waals surface area contributed by atoms with Gasteiger partial charge in [0, 0.05) is 12.2 Å². The first-order valence-electron chi connectivity index (χ1n) is 5.47. The van der Waals surface area contributed by atoms with Gasteiger partial charge in [-0.1, -0.05) is 53.7 Å². The van der Waals surface area contributed by atoms with Crippen molar-refractivity contribution in [3.05, 3.63) is 23.9 Å². The Morgan fingerprint density at radius 2 is 1.46 bits per heavy atom. The van der Waals surface area contributed by atoms with E-state index in [1.807, 2.05) is 41.5 Å². The van der Waals surface area contributed by atoms with Crippen LogP contribution in [0, 0.1) is 0 Å². The predicted molar refractivity (Wildman–Crippen MR) is 64.9 cm³/mol. The van der Waals surface area contributed by atoms with E-state index in [1.54, 1.807) is 0 Å². The molecular formula is C12H27N. The zero-order valence-electron chi connectivity index (χ0n) is 10.4. The van der Waals surface area contributed by atoms with Gasteiger partial charge >= 0.3 is 0 Å². The molecule has 0 fully saturated rings. The highest BCUT2D eigenvalue weighted by molar-refractivity contribution is 5.14. The Kier molecular flexibility index (Phi) is 31.4. The fourth-order valence-corrected chi connectivity index (χ4v) is 0.559. The Labute approximate surface area is 84.9 Å². The fourth-order valence-electron chi connectivity index (χ4n) is 0.559. The van der Waals surface area contributed by atoms with Gasteiger partial charge in [0.1, 0.15) is 0 Å². The molecule has 0 unspecified atom stereocenters. The van der Waals surface area contributed by atoms with E-state index in [1.165, 1.54) is 5.70 Å². The molecule has 1 heterocycles. The van der Waals surface area contributed by atoms with Crippen LogP contribution >= 0.6 is 0 Å². The van der Waals surface area contributed by atoms with E-state index in [9.17, 15) is 0 Å². The van der Waals surface area contributed by atoms with Crippen molar-refractivity contribution in [2.24, 2.45) is 0 Å². The van der Waals surface area contributed by atoms with E-state index >= 15 is 0 Å². The minimum atomic E-state index is 0.988. The number of dihydropyridines is 1. The predicted octanol–water partition coefficient (Wildman–Crippen LogP) is 4.13. The summed E-state index contributed by atoms with van der Waals surface area (Å²) in [7, 11) is 0. The van der Waals surface area contributed by atoms with E-state index in [4.69, 9.17) is 0 Å². The van der Waals surface area contributed by atoms with Gasteiger partial charge in [0.25, 0.3) is 0 Å². The fraction of sp³-hybridized carbons (Fsp3) is 0.667. The van der Waals surface area contributed by atoms with Crippen molar-refractivity contribution in [3.8, 4) is 0 Å². The van der Waals surface area contributed by atoms with Crippen molar-refractivity contribution in [1.82, 2.24) is 5.32 Å². The Morgan fingerprint density at radius 1 is 1.00 bits per heavy atom. The molecule has 0 spiro atoms. The van der Waals surface area contributed by atoms with Gasteiger partial charge in [0.2, 0.25) is 0 Å². The molecule has 1 aliphatic heterocycles. The largest absolute Gasteiger partial charge is 0.385 e. The molecule has 0 saturated heterocycles. The highest BCUT2D eigenvalue weighted by Gasteiger charge is 1.85. The van der Waals surface area contributed by atoms with E-state index in [-0.39, 0.29) is 0 Å². The van der Waals surface area contributed by atoms with Gasteiger partial charge in [-0.2, -0.15) is 0 Å². The van der Waals surface area contributed by atoms with Crippen molar-refractivity contribution in [1.29, 1.82) is 0 Å². The lowest BCUT2D eigenvalue weighted by molar-refractivity contribution is 0.891. The van der Waals surface area contributed by atoms with Gasteiger partial charge < -0.3 is 5.32 Å². The third-order valence-electron chi connectivity index (χ3n) is 0.981. The molecule has 1 aliphatic rings. The van der Waals surface area contributed by atoms with Gasteiger partial charge in [0.05, 0.1) is 0 Å². The molecule has 13 heavy (non-hydrogen) atoms. The van der Waals surface area contributed by atoms with Gasteiger partial charge in [-0.05, 0) is 13.0 Å². The highest BCUT2D eigenvalue weighted by Crippen LogP contribution is 1.91. The van der Waals surface area contributed by atoms with Crippen LogP contribution in [-0.2, 0) is 0 Å². The Hall–Kier alpha value is -0.720. The normalized spacial score (nSPS) is 11.2. The standard InChI is InChI=1S/C6H9N.3C2H6/c1-6-4-2-3-5-7-6;3*1-2/h2-4,7H,5H2,1H3;3*1-2H3. The topological polar surface area (TPSA) is 12.0 Å². The Balaban J connectivity index is -0.000000144. The van der Waals surface area contributed by atoms with E-state index < -0.39 is 0 Å². The van der Waals surface area contributed by atoms with E-state index in [0.29, 0.717) is 0 Å². The van der Waals surface area contributed by atoms with Crippen LogP contribution < -0.4 is 5.32 Å². The van der Waals surface area contributed by atoms with Crippen molar-refractivity contribution in [2.75, 3.05) is 6.54 Å². The summed E-state index contributed by atoms with van der Waals surface area (Å²) in [6.45, 7) is 15.0. The van der Waals surface area contributed by atoms with Crippen LogP contribution in [0.5, 0.6) is 0 Å². The molecule has 1 heteroatoms. The number of nitrogens with one attached hydrogen (secondary N) is 1. The van der Waals surface area contributed by atoms with Crippen LogP contribution in [0.3, 0.4) is 0 Å². The van der Waals surface area contributed by atoms with Crippen molar-refractivity contribution < 1.29 is 0 Å². The maximum Gasteiger partial charge on any atom is 0.0330 e. The number of hydrogen-bond donors (Lipinski definition) is 1. The average Bonchev–Trinajstić information content (AvgIpc) is 2.28. The van der Waals surface area contributed by atoms with Gasteiger partial charge in [0.15, 0.2) is 0 Å². The molecule has 0 aliphatic carbocycles. The summed E-state index contributed by atoms with van der Waals surface area (Å²) in [4.78, 5) is 0. The van der Waals surface area contributed by atoms with Gasteiger partial charge in [-0.3, -0.25) is 0 Å². The smallest absolute Gasteiger partial charge is 0.0330 e. The van der Waals surface area contributed by atoms with Crippen molar-refractivity contribution in [3.63, 3.8) is 0 Å². The van der Waals surface area contributed by atoms with E-state index in [2.05, 4.69) is 30.5 Å². The van der Waals surface area contributed by atoms with Crippen LogP contribution in [0.1, 0.15) is 48.5 Å². The van der Waals surface area contributed by atoms with Gasteiger partial charge in [-0.15, -0.1) is 0 Å². The summed E-state index contributed by atoms with van der Waals surface area (Å²) >= 11 is 0. The first-order chi connectivity index (χ1) is 6.39. The molecule has 0 aromatic heterocycles. The number of allylic oxidation sites excluding steroid dienone is 3. The quantitative estimate of drug-likeness (QED) is 0.598. The summed E-state index contributed by atoms with van der Waals surface area (Å²) in [5, 5.41) is 3.16. The molecule has 0 radical (unpaired) electrons. The third-order valence-corrected chi connectivity index (χ3v) is 0.981. The summed E-state index contributed by atoms with van der Waals surface area (Å²) in [5.41, 5.74) is 1.25. The first-order valence-corrected chi connectivity index (χ1v) is 5.47. The van der Waals surface area contributed by atoms with Crippen LogP contribution in [0.2, 0.25) is 0 Å². The summed E-state index contributed by atoms with van der Waals surface area (Å²) < 4.78 is 0. The third kappa shape index (κ3) is 18.3. The average molecular weight is 185 g/mol. The van der Waals surface area contributed by atoms with Crippen molar-refractivity contribution >= 4 is 0 Å². The molecule has 0 amide bonds. The molecule has 1 nitrogen and oxygen atoms in total. The first kappa shape index (κ1) is 18.1. The monoisotopic (exact) mass is 185 g/mol. The maximum absolute atomic E-state index is 3.16. The van der Waals surface area contributed by atoms with E-state index in [0.717, 1.165) is 6.54 Å². The Morgan fingerprint density at radius 3 is 1.62 bits per heavy atom. The molecule has 0 bridgehead atoms. The second-order valence-corrected chi connectivity index (χ2v) is 1.66. The molecule has 80 valence electrons. The lowest BCUT2D eigenvalue weighted by Gasteiger charge is -2.04. The lowest BCUT2D eigenvalue weighted by Crippen LogP contribution is -2.12. The lowest BCUT2D eigenvalue weighted by atomic mass is 10.3. The maximum atomic E-state index is 3.16. The molecule has 0 atom stereocenters. The summed E-state index contributed by atoms with van der Waals surface area (Å²) in [6, 6.07) is 0. The zero-order valence-corrected chi connectivity index (χ0v) is 10.4. The summed E-state index contributed by atoms with van der Waals surface area (Å²) in [5.74, 6) is 0.